The Kier molecular flexibility index (Phi) is 7.88. The molecule has 10 nitrogen and oxygen atoms in total. The van der Waals surface area contributed by atoms with Crippen molar-refractivity contribution in [1.29, 1.82) is 5.26 Å². The van der Waals surface area contributed by atoms with Gasteiger partial charge < -0.3 is 19.9 Å². The Balaban J connectivity index is 1.50. The van der Waals surface area contributed by atoms with Crippen LogP contribution in [-0.4, -0.2) is 63.5 Å². The van der Waals surface area contributed by atoms with Crippen LogP contribution in [0.25, 0.3) is 0 Å². The van der Waals surface area contributed by atoms with Crippen LogP contribution in [0.4, 0.5) is 8.78 Å². The van der Waals surface area contributed by atoms with Crippen LogP contribution in [0, 0.1) is 11.3 Å². The number of amides is 3. The van der Waals surface area contributed by atoms with Gasteiger partial charge in [-0.1, -0.05) is 23.7 Å². The van der Waals surface area contributed by atoms with Gasteiger partial charge in [0, 0.05) is 30.6 Å². The van der Waals surface area contributed by atoms with Crippen LogP contribution in [0.15, 0.2) is 42.5 Å². The summed E-state index contributed by atoms with van der Waals surface area (Å²) in [6, 6.07) is 10.8. The van der Waals surface area contributed by atoms with Crippen LogP contribution in [0.1, 0.15) is 69.2 Å². The lowest BCUT2D eigenvalue weighted by Gasteiger charge is -2.38. The van der Waals surface area contributed by atoms with E-state index in [9.17, 15) is 28.4 Å². The fourth-order valence-corrected chi connectivity index (χ4v) is 5.64. The standard InChI is InChI=1S/C29H27ClF2N6O4/c1-15-10-23-21(13-36(15)27(40)18-6-9-22(30)19(11-18)12-33)25-28(41)37(14-24(26(39)34-3)38(25)35-23)16(2)17-4-7-20(8-5-17)42-29(31)32/h4-9,11,15-16,24,29H,10,13-14H2,1-3H3,(H,34,39)/t15-,16-,24+/m1/s1. The third-order valence-electron chi connectivity index (χ3n) is 7.77. The fraction of sp³-hybridized carbons (Fsp3) is 0.345. The van der Waals surface area contributed by atoms with E-state index in [4.69, 9.17) is 11.6 Å². The highest BCUT2D eigenvalue weighted by Crippen LogP contribution is 2.36. The number of hydrogen-bond acceptors (Lipinski definition) is 6. The second kappa shape index (κ2) is 11.4. The van der Waals surface area contributed by atoms with E-state index in [1.54, 1.807) is 34.9 Å². The number of hydrogen-bond donors (Lipinski definition) is 1. The molecule has 0 fully saturated rings. The maximum absolute atomic E-state index is 14.0. The summed E-state index contributed by atoms with van der Waals surface area (Å²) in [5.74, 6) is -1.05. The molecule has 0 saturated heterocycles. The molecule has 0 radical (unpaired) electrons. The van der Waals surface area contributed by atoms with Crippen molar-refractivity contribution in [3.05, 3.63) is 81.1 Å². The number of benzene rings is 2. The van der Waals surface area contributed by atoms with Gasteiger partial charge in [0.15, 0.2) is 0 Å². The van der Waals surface area contributed by atoms with Crippen molar-refractivity contribution in [2.24, 2.45) is 0 Å². The molecule has 0 saturated carbocycles. The van der Waals surface area contributed by atoms with E-state index >= 15 is 0 Å². The summed E-state index contributed by atoms with van der Waals surface area (Å²) < 4.78 is 31.1. The minimum Gasteiger partial charge on any atom is -0.435 e. The number of fused-ring (bicyclic) bond motifs is 3. The zero-order chi connectivity index (χ0) is 30.3. The molecule has 3 amide bonds. The van der Waals surface area contributed by atoms with Gasteiger partial charge in [0.05, 0.1) is 35.4 Å². The van der Waals surface area contributed by atoms with Crippen LogP contribution in [0.2, 0.25) is 5.02 Å². The lowest BCUT2D eigenvalue weighted by Crippen LogP contribution is -2.49. The summed E-state index contributed by atoms with van der Waals surface area (Å²) in [4.78, 5) is 43.8. The summed E-state index contributed by atoms with van der Waals surface area (Å²) in [6.07, 6.45) is 0.356. The quantitative estimate of drug-likeness (QED) is 0.457. The maximum atomic E-state index is 14.0. The van der Waals surface area contributed by atoms with Crippen molar-refractivity contribution in [2.75, 3.05) is 13.6 Å². The number of rotatable bonds is 6. The van der Waals surface area contributed by atoms with Gasteiger partial charge in [-0.3, -0.25) is 14.4 Å². The highest BCUT2D eigenvalue weighted by Gasteiger charge is 2.43. The van der Waals surface area contributed by atoms with E-state index in [2.05, 4.69) is 15.2 Å². The molecule has 13 heteroatoms. The molecule has 218 valence electrons. The molecular weight excluding hydrogens is 570 g/mol. The Morgan fingerprint density at radius 2 is 1.93 bits per heavy atom. The van der Waals surface area contributed by atoms with Crippen molar-refractivity contribution in [1.82, 2.24) is 24.9 Å². The normalized spacial score (nSPS) is 18.7. The summed E-state index contributed by atoms with van der Waals surface area (Å²) in [5.41, 5.74) is 2.51. The molecule has 2 aliphatic rings. The van der Waals surface area contributed by atoms with Crippen LogP contribution >= 0.6 is 11.6 Å². The Hall–Kier alpha value is -4.50. The summed E-state index contributed by atoms with van der Waals surface area (Å²) in [7, 11) is 1.50. The molecular formula is C29H27ClF2N6O4. The molecule has 0 spiro atoms. The average molecular weight is 597 g/mol. The van der Waals surface area contributed by atoms with Crippen LogP contribution < -0.4 is 10.1 Å². The van der Waals surface area contributed by atoms with Crippen LogP contribution in [-0.2, 0) is 17.8 Å². The number of halogens is 3. The summed E-state index contributed by atoms with van der Waals surface area (Å²) in [5, 5.41) is 16.9. The number of carbonyl (C=O) groups excluding carboxylic acids is 3. The third-order valence-corrected chi connectivity index (χ3v) is 8.10. The number of nitrogens with zero attached hydrogens (tertiary/aromatic N) is 5. The molecule has 1 aromatic heterocycles. The minimum absolute atomic E-state index is 0.0113. The lowest BCUT2D eigenvalue weighted by atomic mass is 9.96. The molecule has 5 rings (SSSR count). The molecule has 0 unspecified atom stereocenters. The molecule has 3 aromatic rings. The van der Waals surface area contributed by atoms with Gasteiger partial charge in [0.1, 0.15) is 23.6 Å². The van der Waals surface area contributed by atoms with E-state index in [0.717, 1.165) is 0 Å². The second-order valence-corrected chi connectivity index (χ2v) is 10.6. The van der Waals surface area contributed by atoms with E-state index in [-0.39, 0.29) is 64.4 Å². The van der Waals surface area contributed by atoms with Crippen molar-refractivity contribution >= 4 is 29.3 Å². The second-order valence-electron chi connectivity index (χ2n) is 10.2. The number of nitrogens with one attached hydrogen (secondary N) is 1. The lowest BCUT2D eigenvalue weighted by molar-refractivity contribution is -0.125. The number of alkyl halides is 2. The van der Waals surface area contributed by atoms with E-state index in [1.807, 2.05) is 13.0 Å². The number of nitriles is 1. The molecule has 0 aliphatic carbocycles. The summed E-state index contributed by atoms with van der Waals surface area (Å²) >= 11 is 6.06. The first-order chi connectivity index (χ1) is 20.0. The first kappa shape index (κ1) is 29.0. The van der Waals surface area contributed by atoms with Gasteiger partial charge in [-0.2, -0.15) is 19.1 Å². The van der Waals surface area contributed by atoms with Gasteiger partial charge in [-0.15, -0.1) is 0 Å². The number of carbonyl (C=O) groups is 3. The van der Waals surface area contributed by atoms with Gasteiger partial charge >= 0.3 is 6.61 Å². The molecule has 1 N–H and O–H groups in total. The first-order valence-electron chi connectivity index (χ1n) is 13.2. The summed E-state index contributed by atoms with van der Waals surface area (Å²) in [6.45, 7) is 0.796. The minimum atomic E-state index is -2.96. The number of likely N-dealkylation sites (N-methyl/N-ethyl adjacent to an activating group) is 1. The van der Waals surface area contributed by atoms with Crippen molar-refractivity contribution in [2.45, 2.75) is 51.6 Å². The Morgan fingerprint density at radius 3 is 2.57 bits per heavy atom. The van der Waals surface area contributed by atoms with Crippen LogP contribution in [0.5, 0.6) is 5.75 Å². The largest absolute Gasteiger partial charge is 0.435 e. The van der Waals surface area contributed by atoms with Crippen molar-refractivity contribution < 1.29 is 27.9 Å². The van der Waals surface area contributed by atoms with E-state index < -0.39 is 18.7 Å². The van der Waals surface area contributed by atoms with Crippen LogP contribution in [0.3, 0.4) is 0 Å². The molecule has 3 atom stereocenters. The topological polar surface area (TPSA) is 121 Å². The smallest absolute Gasteiger partial charge is 0.387 e. The van der Waals surface area contributed by atoms with Gasteiger partial charge in [0.2, 0.25) is 5.91 Å². The van der Waals surface area contributed by atoms with Gasteiger partial charge in [-0.05, 0) is 49.7 Å². The predicted molar refractivity (Wildman–Crippen MR) is 147 cm³/mol. The molecule has 0 bridgehead atoms. The Bertz CT molecular complexity index is 1600. The average Bonchev–Trinajstić information content (AvgIpc) is 3.34. The molecule has 2 aliphatic heterocycles. The van der Waals surface area contributed by atoms with E-state index in [1.165, 1.54) is 36.0 Å². The number of aromatic nitrogens is 2. The fourth-order valence-electron chi connectivity index (χ4n) is 5.48. The van der Waals surface area contributed by atoms with Crippen molar-refractivity contribution in [3.8, 4) is 11.8 Å². The number of ether oxygens (including phenoxy) is 1. The Morgan fingerprint density at radius 1 is 1.21 bits per heavy atom. The maximum Gasteiger partial charge on any atom is 0.387 e. The SMILES string of the molecule is CNC(=O)[C@@H]1CN([C@H](C)c2ccc(OC(F)F)cc2)C(=O)c2c3c(nn21)C[C@@H](C)N(C(=O)c1ccc(Cl)c(C#N)c1)C3. The van der Waals surface area contributed by atoms with Crippen molar-refractivity contribution in [3.63, 3.8) is 0 Å². The molecule has 3 heterocycles. The monoisotopic (exact) mass is 596 g/mol. The molecule has 2 aromatic carbocycles. The highest BCUT2D eigenvalue weighted by atomic mass is 35.5. The zero-order valence-electron chi connectivity index (χ0n) is 23.0. The van der Waals surface area contributed by atoms with Gasteiger partial charge in [-0.25, -0.2) is 4.68 Å². The van der Waals surface area contributed by atoms with E-state index in [0.29, 0.717) is 23.2 Å². The Labute approximate surface area is 245 Å². The highest BCUT2D eigenvalue weighted by molar-refractivity contribution is 6.31. The third kappa shape index (κ3) is 5.16. The molecule has 42 heavy (non-hydrogen) atoms. The zero-order valence-corrected chi connectivity index (χ0v) is 23.7. The van der Waals surface area contributed by atoms with Gasteiger partial charge in [0.25, 0.3) is 11.8 Å². The predicted octanol–water partition coefficient (Wildman–Crippen LogP) is 4.10. The first-order valence-corrected chi connectivity index (χ1v) is 13.6.